The van der Waals surface area contributed by atoms with E-state index in [1.54, 1.807) is 0 Å². The van der Waals surface area contributed by atoms with E-state index in [0.717, 1.165) is 62.6 Å². The van der Waals surface area contributed by atoms with E-state index in [2.05, 4.69) is 32.7 Å². The third-order valence-corrected chi connectivity index (χ3v) is 6.36. The monoisotopic (exact) mass is 405 g/mol. The number of carbonyl (C=O) groups is 2. The summed E-state index contributed by atoms with van der Waals surface area (Å²) in [7, 11) is 0. The number of amides is 2. The number of carbonyl (C=O) groups excluding carboxylic acids is 2. The van der Waals surface area contributed by atoms with Crippen LogP contribution in [0.4, 0.5) is 5.82 Å². The minimum Gasteiger partial charge on any atom is -0.356 e. The van der Waals surface area contributed by atoms with E-state index in [-0.39, 0.29) is 17.7 Å². The number of rotatable bonds is 8. The zero-order valence-corrected chi connectivity index (χ0v) is 17.5. The average molecular weight is 406 g/mol. The highest BCUT2D eigenvalue weighted by molar-refractivity contribution is 7.99. The fraction of sp³-hybridized carbons (Fsp3) is 0.700. The smallest absolute Gasteiger partial charge is 0.230 e. The molecule has 28 heavy (non-hydrogen) atoms. The fourth-order valence-corrected chi connectivity index (χ4v) is 4.43. The molecule has 154 valence electrons. The first-order valence-corrected chi connectivity index (χ1v) is 11.4. The Morgan fingerprint density at radius 3 is 2.54 bits per heavy atom. The summed E-state index contributed by atoms with van der Waals surface area (Å²) < 4.78 is 0. The molecule has 0 atom stereocenters. The highest BCUT2D eigenvalue weighted by Crippen LogP contribution is 2.23. The molecule has 0 spiro atoms. The quantitative estimate of drug-likeness (QED) is 0.646. The second-order valence-corrected chi connectivity index (χ2v) is 8.62. The summed E-state index contributed by atoms with van der Waals surface area (Å²) in [5.41, 5.74) is 0. The molecule has 1 aliphatic heterocycles. The SMILES string of the molecule is CCCNC(=O)C1CCN(c2ccc(SCC(=O)NC3CCCC3)nn2)CC1. The van der Waals surface area contributed by atoms with Gasteiger partial charge in [-0.25, -0.2) is 0 Å². The normalized spacial score (nSPS) is 18.2. The molecule has 0 aromatic carbocycles. The van der Waals surface area contributed by atoms with Gasteiger partial charge in [0.1, 0.15) is 5.03 Å². The Morgan fingerprint density at radius 1 is 1.14 bits per heavy atom. The molecule has 7 nitrogen and oxygen atoms in total. The zero-order valence-electron chi connectivity index (χ0n) is 16.7. The Hall–Kier alpha value is -1.83. The number of thioether (sulfide) groups is 1. The Kier molecular flexibility index (Phi) is 7.94. The van der Waals surface area contributed by atoms with Crippen molar-refractivity contribution in [1.82, 2.24) is 20.8 Å². The van der Waals surface area contributed by atoms with E-state index in [1.165, 1.54) is 24.6 Å². The number of aromatic nitrogens is 2. The fourth-order valence-electron chi connectivity index (χ4n) is 3.80. The molecule has 1 saturated carbocycles. The molecule has 8 heteroatoms. The van der Waals surface area contributed by atoms with Gasteiger partial charge in [-0.3, -0.25) is 9.59 Å². The Labute approximate surface area is 171 Å². The number of nitrogens with zero attached hydrogens (tertiary/aromatic N) is 3. The second kappa shape index (κ2) is 10.6. The third kappa shape index (κ3) is 6.09. The van der Waals surface area contributed by atoms with Crippen molar-refractivity contribution in [3.05, 3.63) is 12.1 Å². The van der Waals surface area contributed by atoms with Crippen LogP contribution in [0.1, 0.15) is 51.9 Å². The lowest BCUT2D eigenvalue weighted by Gasteiger charge is -2.31. The maximum Gasteiger partial charge on any atom is 0.230 e. The van der Waals surface area contributed by atoms with Gasteiger partial charge in [0.05, 0.1) is 5.75 Å². The van der Waals surface area contributed by atoms with Crippen molar-refractivity contribution < 1.29 is 9.59 Å². The first-order valence-electron chi connectivity index (χ1n) is 10.4. The summed E-state index contributed by atoms with van der Waals surface area (Å²) in [4.78, 5) is 26.3. The van der Waals surface area contributed by atoms with Crippen molar-refractivity contribution in [2.24, 2.45) is 5.92 Å². The van der Waals surface area contributed by atoms with Gasteiger partial charge in [0, 0.05) is 31.6 Å². The molecule has 2 fully saturated rings. The van der Waals surface area contributed by atoms with Crippen molar-refractivity contribution in [1.29, 1.82) is 0 Å². The lowest BCUT2D eigenvalue weighted by molar-refractivity contribution is -0.125. The largest absolute Gasteiger partial charge is 0.356 e. The summed E-state index contributed by atoms with van der Waals surface area (Å²) in [6, 6.07) is 4.24. The van der Waals surface area contributed by atoms with Gasteiger partial charge in [-0.05, 0) is 44.2 Å². The molecule has 2 amide bonds. The van der Waals surface area contributed by atoms with Crippen LogP contribution in [0.25, 0.3) is 0 Å². The van der Waals surface area contributed by atoms with Crippen LogP contribution in [-0.4, -0.2) is 53.4 Å². The van der Waals surface area contributed by atoms with Crippen molar-refractivity contribution in [2.75, 3.05) is 30.3 Å². The van der Waals surface area contributed by atoms with E-state index in [4.69, 9.17) is 0 Å². The maximum atomic E-state index is 12.1. The number of anilines is 1. The molecular weight excluding hydrogens is 374 g/mol. The molecule has 2 aliphatic rings. The van der Waals surface area contributed by atoms with Crippen molar-refractivity contribution in [3.8, 4) is 0 Å². The van der Waals surface area contributed by atoms with Gasteiger partial charge in [0.25, 0.3) is 0 Å². The minimum atomic E-state index is 0.0752. The second-order valence-electron chi connectivity index (χ2n) is 7.62. The van der Waals surface area contributed by atoms with Crippen LogP contribution in [0.5, 0.6) is 0 Å². The molecule has 0 radical (unpaired) electrons. The van der Waals surface area contributed by atoms with Crippen molar-refractivity contribution in [3.63, 3.8) is 0 Å². The zero-order chi connectivity index (χ0) is 19.8. The topological polar surface area (TPSA) is 87.2 Å². The van der Waals surface area contributed by atoms with Gasteiger partial charge >= 0.3 is 0 Å². The van der Waals surface area contributed by atoms with E-state index in [9.17, 15) is 9.59 Å². The third-order valence-electron chi connectivity index (χ3n) is 5.44. The molecule has 2 N–H and O–H groups in total. The van der Waals surface area contributed by atoms with Gasteiger partial charge in [-0.1, -0.05) is 31.5 Å². The van der Waals surface area contributed by atoms with Gasteiger partial charge in [-0.15, -0.1) is 10.2 Å². The number of piperidine rings is 1. The highest BCUT2D eigenvalue weighted by atomic mass is 32.2. The summed E-state index contributed by atoms with van der Waals surface area (Å²) >= 11 is 1.42. The van der Waals surface area contributed by atoms with Crippen LogP contribution in [0, 0.1) is 5.92 Å². The van der Waals surface area contributed by atoms with E-state index < -0.39 is 0 Å². The van der Waals surface area contributed by atoms with Crippen LogP contribution in [0.3, 0.4) is 0 Å². The van der Waals surface area contributed by atoms with Gasteiger partial charge < -0.3 is 15.5 Å². The average Bonchev–Trinajstić information content (AvgIpc) is 3.24. The van der Waals surface area contributed by atoms with E-state index in [1.807, 2.05) is 12.1 Å². The molecular formula is C20H31N5O2S. The molecule has 0 unspecified atom stereocenters. The standard InChI is InChI=1S/C20H31N5O2S/c1-2-11-21-20(27)15-9-12-25(13-10-15)17-7-8-19(24-23-17)28-14-18(26)22-16-5-3-4-6-16/h7-8,15-16H,2-6,9-14H2,1H3,(H,21,27)(H,22,26). The number of hydrogen-bond acceptors (Lipinski definition) is 6. The van der Waals surface area contributed by atoms with Crippen molar-refractivity contribution >= 4 is 29.4 Å². The van der Waals surface area contributed by atoms with Gasteiger partial charge in [-0.2, -0.15) is 0 Å². The van der Waals surface area contributed by atoms with E-state index in [0.29, 0.717) is 11.8 Å². The maximum absolute atomic E-state index is 12.1. The van der Waals surface area contributed by atoms with Gasteiger partial charge in [0.15, 0.2) is 5.82 Å². The first kappa shape index (κ1) is 20.9. The van der Waals surface area contributed by atoms with Crippen LogP contribution >= 0.6 is 11.8 Å². The highest BCUT2D eigenvalue weighted by Gasteiger charge is 2.25. The molecule has 3 rings (SSSR count). The van der Waals surface area contributed by atoms with Crippen LogP contribution in [-0.2, 0) is 9.59 Å². The van der Waals surface area contributed by atoms with Crippen LogP contribution in [0.15, 0.2) is 17.2 Å². The van der Waals surface area contributed by atoms with Crippen LogP contribution in [0.2, 0.25) is 0 Å². The summed E-state index contributed by atoms with van der Waals surface area (Å²) in [6.07, 6.45) is 7.28. The lowest BCUT2D eigenvalue weighted by Crippen LogP contribution is -2.41. The summed E-state index contributed by atoms with van der Waals surface area (Å²) in [6.45, 7) is 4.44. The molecule has 1 aromatic heterocycles. The molecule has 0 bridgehead atoms. The molecule has 1 aromatic rings. The summed E-state index contributed by atoms with van der Waals surface area (Å²) in [5.74, 6) is 1.57. The van der Waals surface area contributed by atoms with E-state index >= 15 is 0 Å². The molecule has 1 aliphatic carbocycles. The van der Waals surface area contributed by atoms with Gasteiger partial charge in [0.2, 0.25) is 11.8 Å². The Morgan fingerprint density at radius 2 is 1.89 bits per heavy atom. The Balaban J connectivity index is 1.40. The predicted octanol–water partition coefficient (Wildman–Crippen LogP) is 2.37. The molecule has 2 heterocycles. The van der Waals surface area contributed by atoms with Crippen LogP contribution < -0.4 is 15.5 Å². The number of nitrogens with one attached hydrogen (secondary N) is 2. The number of hydrogen-bond donors (Lipinski definition) is 2. The van der Waals surface area contributed by atoms with Crippen molar-refractivity contribution in [2.45, 2.75) is 62.9 Å². The predicted molar refractivity (Wildman–Crippen MR) is 111 cm³/mol. The summed E-state index contributed by atoms with van der Waals surface area (Å²) in [5, 5.41) is 15.4. The lowest BCUT2D eigenvalue weighted by atomic mass is 9.96. The first-order chi connectivity index (χ1) is 13.7. The molecule has 1 saturated heterocycles. The Bertz CT molecular complexity index is 641. The minimum absolute atomic E-state index is 0.0752.